The van der Waals surface area contributed by atoms with Gasteiger partial charge in [0.15, 0.2) is 0 Å². The summed E-state index contributed by atoms with van der Waals surface area (Å²) in [6.07, 6.45) is 6.90. The number of H-pyrrole nitrogens is 1. The molecule has 1 heterocycles. The van der Waals surface area contributed by atoms with Gasteiger partial charge in [0.1, 0.15) is 11.5 Å². The zero-order valence-electron chi connectivity index (χ0n) is 14.4. The molecule has 0 bridgehead atoms. The second kappa shape index (κ2) is 6.78. The normalized spacial score (nSPS) is 19.2. The summed E-state index contributed by atoms with van der Waals surface area (Å²) in [5.74, 6) is 1.83. The molecule has 4 rings (SSSR count). The third kappa shape index (κ3) is 3.62. The highest BCUT2D eigenvalue weighted by atomic mass is 16.5. The fraction of sp³-hybridized carbons (Fsp3) is 0.474. The van der Waals surface area contributed by atoms with Crippen molar-refractivity contribution >= 4 is 5.91 Å². The number of carbonyl (C=O) groups excluding carboxylic acids is 1. The van der Waals surface area contributed by atoms with Crippen LogP contribution >= 0.6 is 0 Å². The van der Waals surface area contributed by atoms with Gasteiger partial charge < -0.3 is 14.8 Å². The minimum atomic E-state index is -0.0922. The first-order chi connectivity index (χ1) is 12.2. The number of hydrogen-bond donors (Lipinski definition) is 2. The number of fused-ring (bicyclic) bond motifs is 1. The van der Waals surface area contributed by atoms with Crippen LogP contribution < -0.4 is 14.8 Å². The Balaban J connectivity index is 1.47. The first-order valence-electron chi connectivity index (χ1n) is 8.85. The quantitative estimate of drug-likeness (QED) is 0.846. The van der Waals surface area contributed by atoms with Gasteiger partial charge in [0.05, 0.1) is 25.5 Å². The number of nitrogens with zero attached hydrogens (tertiary/aromatic N) is 1. The Labute approximate surface area is 146 Å². The highest BCUT2D eigenvalue weighted by Gasteiger charge is 2.25. The minimum Gasteiger partial charge on any atom is -0.497 e. The summed E-state index contributed by atoms with van der Waals surface area (Å²) in [5, 5.41) is 10.3. The molecule has 2 aliphatic carbocycles. The van der Waals surface area contributed by atoms with E-state index in [0.717, 1.165) is 19.3 Å². The lowest BCUT2D eigenvalue weighted by atomic mass is 9.93. The van der Waals surface area contributed by atoms with E-state index in [4.69, 9.17) is 9.47 Å². The summed E-state index contributed by atoms with van der Waals surface area (Å²) < 4.78 is 11.2. The van der Waals surface area contributed by atoms with Gasteiger partial charge in [0.2, 0.25) is 0 Å². The fourth-order valence-electron chi connectivity index (χ4n) is 3.23. The number of methoxy groups -OCH3 is 1. The lowest BCUT2D eigenvalue weighted by Gasteiger charge is -2.23. The molecule has 1 saturated carbocycles. The van der Waals surface area contributed by atoms with E-state index in [0.29, 0.717) is 29.6 Å². The molecule has 1 unspecified atom stereocenters. The zero-order valence-corrected chi connectivity index (χ0v) is 14.4. The fourth-order valence-corrected chi connectivity index (χ4v) is 3.23. The number of amides is 1. The highest BCUT2D eigenvalue weighted by Crippen LogP contribution is 2.32. The molecular formula is C19H23N3O3. The van der Waals surface area contributed by atoms with E-state index < -0.39 is 0 Å². The van der Waals surface area contributed by atoms with Crippen LogP contribution in [0.15, 0.2) is 24.4 Å². The Morgan fingerprint density at radius 3 is 3.04 bits per heavy atom. The first-order valence-corrected chi connectivity index (χ1v) is 8.85. The number of nitrogens with one attached hydrogen (secondary N) is 2. The molecule has 132 valence electrons. The van der Waals surface area contributed by atoms with E-state index in [2.05, 4.69) is 15.5 Å². The maximum atomic E-state index is 12.8. The molecule has 25 heavy (non-hydrogen) atoms. The van der Waals surface area contributed by atoms with Gasteiger partial charge in [0.25, 0.3) is 5.91 Å². The maximum absolute atomic E-state index is 12.8. The molecular weight excluding hydrogens is 318 g/mol. The van der Waals surface area contributed by atoms with Crippen LogP contribution in [0.5, 0.6) is 11.5 Å². The molecule has 1 amide bonds. The molecule has 2 aromatic rings. The molecule has 2 N–H and O–H groups in total. The van der Waals surface area contributed by atoms with Crippen molar-refractivity contribution in [2.75, 3.05) is 13.7 Å². The topological polar surface area (TPSA) is 76.2 Å². The molecule has 0 radical (unpaired) electrons. The largest absolute Gasteiger partial charge is 0.497 e. The average Bonchev–Trinajstić information content (AvgIpc) is 3.35. The van der Waals surface area contributed by atoms with Crippen LogP contribution in [0.2, 0.25) is 0 Å². The van der Waals surface area contributed by atoms with E-state index >= 15 is 0 Å². The number of carbonyl (C=O) groups is 1. The summed E-state index contributed by atoms with van der Waals surface area (Å²) in [5.41, 5.74) is 2.94. The molecule has 2 aliphatic rings. The number of aromatic amines is 1. The Kier molecular flexibility index (Phi) is 4.34. The summed E-state index contributed by atoms with van der Waals surface area (Å²) in [4.78, 5) is 12.8. The van der Waals surface area contributed by atoms with Crippen molar-refractivity contribution in [3.05, 3.63) is 41.2 Å². The molecule has 1 fully saturated rings. The van der Waals surface area contributed by atoms with Crippen molar-refractivity contribution in [3.8, 4) is 11.5 Å². The predicted octanol–water partition coefficient (Wildman–Crippen LogP) is 2.49. The van der Waals surface area contributed by atoms with Crippen molar-refractivity contribution in [1.82, 2.24) is 15.5 Å². The van der Waals surface area contributed by atoms with Crippen LogP contribution in [0.1, 0.15) is 40.9 Å². The van der Waals surface area contributed by atoms with Gasteiger partial charge >= 0.3 is 0 Å². The minimum absolute atomic E-state index is 0.0922. The van der Waals surface area contributed by atoms with E-state index in [1.807, 2.05) is 6.20 Å². The summed E-state index contributed by atoms with van der Waals surface area (Å²) in [6.45, 7) is 0.662. The molecule has 1 aromatic carbocycles. The molecule has 0 aliphatic heterocycles. The van der Waals surface area contributed by atoms with Crippen LogP contribution in [-0.4, -0.2) is 35.9 Å². The van der Waals surface area contributed by atoms with E-state index in [-0.39, 0.29) is 11.9 Å². The Hall–Kier alpha value is -2.50. The molecule has 6 nitrogen and oxygen atoms in total. The number of aryl methyl sites for hydroxylation is 1. The number of hydrogen-bond acceptors (Lipinski definition) is 4. The Morgan fingerprint density at radius 1 is 1.36 bits per heavy atom. The third-order valence-corrected chi connectivity index (χ3v) is 4.96. The van der Waals surface area contributed by atoms with Gasteiger partial charge in [-0.2, -0.15) is 5.10 Å². The SMILES string of the molecule is COc1ccc(C(=O)NC2CCc3[nH]ncc3C2)c(OCC2CC2)c1. The lowest BCUT2D eigenvalue weighted by Crippen LogP contribution is -2.38. The highest BCUT2D eigenvalue weighted by molar-refractivity contribution is 5.97. The van der Waals surface area contributed by atoms with Gasteiger partial charge in [-0.15, -0.1) is 0 Å². The van der Waals surface area contributed by atoms with Crippen molar-refractivity contribution in [2.45, 2.75) is 38.1 Å². The second-order valence-electron chi connectivity index (χ2n) is 6.90. The van der Waals surface area contributed by atoms with Gasteiger partial charge in [0, 0.05) is 17.8 Å². The van der Waals surface area contributed by atoms with Crippen LogP contribution in [0.3, 0.4) is 0 Å². The number of rotatable bonds is 6. The molecule has 1 atom stereocenters. The predicted molar refractivity (Wildman–Crippen MR) is 93.1 cm³/mol. The van der Waals surface area contributed by atoms with Gasteiger partial charge in [-0.05, 0) is 55.7 Å². The first kappa shape index (κ1) is 16.0. The average molecular weight is 341 g/mol. The van der Waals surface area contributed by atoms with Gasteiger partial charge in [-0.1, -0.05) is 0 Å². The monoisotopic (exact) mass is 341 g/mol. The van der Waals surface area contributed by atoms with Crippen molar-refractivity contribution < 1.29 is 14.3 Å². The smallest absolute Gasteiger partial charge is 0.255 e. The summed E-state index contributed by atoms with van der Waals surface area (Å²) in [6, 6.07) is 5.50. The van der Waals surface area contributed by atoms with Crippen molar-refractivity contribution in [3.63, 3.8) is 0 Å². The third-order valence-electron chi connectivity index (χ3n) is 4.96. The lowest BCUT2D eigenvalue weighted by molar-refractivity contribution is 0.0929. The van der Waals surface area contributed by atoms with Crippen molar-refractivity contribution in [1.29, 1.82) is 0 Å². The number of benzene rings is 1. The summed E-state index contributed by atoms with van der Waals surface area (Å²) >= 11 is 0. The van der Waals surface area contributed by atoms with Crippen LogP contribution in [0, 0.1) is 5.92 Å². The van der Waals surface area contributed by atoms with E-state index in [1.165, 1.54) is 24.1 Å². The maximum Gasteiger partial charge on any atom is 0.255 e. The number of aromatic nitrogens is 2. The zero-order chi connectivity index (χ0) is 17.2. The molecule has 6 heteroatoms. The second-order valence-corrected chi connectivity index (χ2v) is 6.90. The van der Waals surface area contributed by atoms with E-state index in [9.17, 15) is 4.79 Å². The molecule has 0 saturated heterocycles. The van der Waals surface area contributed by atoms with Gasteiger partial charge in [-0.3, -0.25) is 9.89 Å². The van der Waals surface area contributed by atoms with Gasteiger partial charge in [-0.25, -0.2) is 0 Å². The summed E-state index contributed by atoms with van der Waals surface area (Å²) in [7, 11) is 1.62. The van der Waals surface area contributed by atoms with Crippen molar-refractivity contribution in [2.24, 2.45) is 5.92 Å². The van der Waals surface area contributed by atoms with Crippen LogP contribution in [0.4, 0.5) is 0 Å². The van der Waals surface area contributed by atoms with E-state index in [1.54, 1.807) is 25.3 Å². The molecule has 1 aromatic heterocycles. The Morgan fingerprint density at radius 2 is 2.24 bits per heavy atom. The number of ether oxygens (including phenoxy) is 2. The van der Waals surface area contributed by atoms with Crippen LogP contribution in [0.25, 0.3) is 0 Å². The molecule has 0 spiro atoms. The Bertz CT molecular complexity index is 767. The standard InChI is InChI=1S/C19H23N3O3/c1-24-15-5-6-16(18(9-15)25-11-12-2-3-12)19(23)21-14-4-7-17-13(8-14)10-20-22-17/h5-6,9-10,12,14H,2-4,7-8,11H2,1H3,(H,20,22)(H,21,23). The van der Waals surface area contributed by atoms with Crippen LogP contribution in [-0.2, 0) is 12.8 Å².